The fourth-order valence-electron chi connectivity index (χ4n) is 3.48. The van der Waals surface area contributed by atoms with Crippen LogP contribution >= 0.6 is 0 Å². The highest BCUT2D eigenvalue weighted by molar-refractivity contribution is 5.97. The first-order valence-corrected chi connectivity index (χ1v) is 9.24. The number of nitrogens with zero attached hydrogens (tertiary/aromatic N) is 1. The lowest BCUT2D eigenvalue weighted by molar-refractivity contribution is -0.140. The number of fused-ring (bicyclic) bond motifs is 1. The Morgan fingerprint density at radius 1 is 1.25 bits per heavy atom. The largest absolute Gasteiger partial charge is 0.497 e. The average molecular weight is 382 g/mol. The van der Waals surface area contributed by atoms with Crippen LogP contribution in [0.15, 0.2) is 48.5 Å². The Kier molecular flexibility index (Phi) is 5.70. The molecule has 1 amide bonds. The highest BCUT2D eigenvalue weighted by atomic mass is 16.6. The Labute approximate surface area is 165 Å². The first kappa shape index (κ1) is 19.9. The molecule has 0 spiro atoms. The Bertz CT molecular complexity index is 880. The van der Waals surface area contributed by atoms with Crippen molar-refractivity contribution < 1.29 is 19.1 Å². The van der Waals surface area contributed by atoms with Gasteiger partial charge in [0.1, 0.15) is 5.75 Å². The van der Waals surface area contributed by atoms with Crippen LogP contribution in [0.5, 0.6) is 5.75 Å². The van der Waals surface area contributed by atoms with Gasteiger partial charge in [0.25, 0.3) is 5.91 Å². The maximum atomic E-state index is 12.9. The minimum absolute atomic E-state index is 0.0470. The number of hydrogen-bond acceptors (Lipinski definition) is 5. The summed E-state index contributed by atoms with van der Waals surface area (Å²) in [6.07, 6.45) is 0.354. The van der Waals surface area contributed by atoms with E-state index in [2.05, 4.69) is 5.32 Å². The van der Waals surface area contributed by atoms with Crippen molar-refractivity contribution in [1.82, 2.24) is 10.2 Å². The Hall–Kier alpha value is -2.86. The lowest BCUT2D eigenvalue weighted by Gasteiger charge is -2.34. The molecule has 28 heavy (non-hydrogen) atoms. The van der Waals surface area contributed by atoms with Crippen molar-refractivity contribution in [3.63, 3.8) is 0 Å². The molecule has 0 aromatic heterocycles. The molecule has 1 aliphatic heterocycles. The predicted octanol–water partition coefficient (Wildman–Crippen LogP) is 2.59. The van der Waals surface area contributed by atoms with E-state index < -0.39 is 11.6 Å². The van der Waals surface area contributed by atoms with Gasteiger partial charge in [-0.05, 0) is 50.3 Å². The van der Waals surface area contributed by atoms with Gasteiger partial charge in [0.15, 0.2) is 5.60 Å². The number of ether oxygens (including phenoxy) is 2. The minimum atomic E-state index is -1.23. The standard InChI is InChI=1S/C22H26N2O4/c1-22(13-16-8-5-6-11-18(16)20(25)28-22)21(26)23-14-19(24(2)3)15-9-7-10-17(12-15)27-4/h5-12,19H,13-14H2,1-4H3,(H,23,26). The number of likely N-dealkylation sites (N-methyl/N-ethyl adjacent to an activating group) is 1. The normalized spacial score (nSPS) is 19.5. The van der Waals surface area contributed by atoms with E-state index in [4.69, 9.17) is 9.47 Å². The van der Waals surface area contributed by atoms with E-state index in [9.17, 15) is 9.59 Å². The number of rotatable bonds is 6. The van der Waals surface area contributed by atoms with Crippen molar-refractivity contribution in [1.29, 1.82) is 0 Å². The number of carbonyl (C=O) groups is 2. The predicted molar refractivity (Wildman–Crippen MR) is 106 cm³/mol. The van der Waals surface area contributed by atoms with E-state index in [1.807, 2.05) is 55.4 Å². The summed E-state index contributed by atoms with van der Waals surface area (Å²) in [6, 6.07) is 14.9. The molecule has 2 aromatic rings. The first-order chi connectivity index (χ1) is 13.3. The van der Waals surface area contributed by atoms with Gasteiger partial charge in [0.2, 0.25) is 0 Å². The van der Waals surface area contributed by atoms with Gasteiger partial charge in [0.05, 0.1) is 18.7 Å². The van der Waals surface area contributed by atoms with Gasteiger partial charge in [-0.2, -0.15) is 0 Å². The van der Waals surface area contributed by atoms with Crippen LogP contribution in [-0.4, -0.2) is 50.1 Å². The lowest BCUT2D eigenvalue weighted by Crippen LogP contribution is -2.52. The number of cyclic esters (lactones) is 1. The SMILES string of the molecule is COc1cccc(C(CNC(=O)C2(C)Cc3ccccc3C(=O)O2)N(C)C)c1. The number of nitrogens with one attached hydrogen (secondary N) is 1. The second kappa shape index (κ2) is 8.02. The molecule has 0 saturated heterocycles. The number of amides is 1. The quantitative estimate of drug-likeness (QED) is 0.778. The van der Waals surface area contributed by atoms with Crippen molar-refractivity contribution in [3.8, 4) is 5.75 Å². The summed E-state index contributed by atoms with van der Waals surface area (Å²) in [5.74, 6) is 0.00186. The maximum Gasteiger partial charge on any atom is 0.339 e. The molecule has 0 saturated carbocycles. The second-order valence-electron chi connectivity index (χ2n) is 7.42. The molecule has 0 aliphatic carbocycles. The van der Waals surface area contributed by atoms with Gasteiger partial charge >= 0.3 is 5.97 Å². The van der Waals surface area contributed by atoms with Gasteiger partial charge in [-0.1, -0.05) is 30.3 Å². The minimum Gasteiger partial charge on any atom is -0.497 e. The summed E-state index contributed by atoms with van der Waals surface area (Å²) in [4.78, 5) is 27.3. The topological polar surface area (TPSA) is 67.9 Å². The number of methoxy groups -OCH3 is 1. The van der Waals surface area contributed by atoms with E-state index in [0.29, 0.717) is 18.5 Å². The molecule has 2 aromatic carbocycles. The number of hydrogen-bond donors (Lipinski definition) is 1. The molecule has 1 aliphatic rings. The van der Waals surface area contributed by atoms with E-state index in [1.54, 1.807) is 26.2 Å². The molecule has 0 bridgehead atoms. The fraction of sp³-hybridized carbons (Fsp3) is 0.364. The zero-order valence-corrected chi connectivity index (χ0v) is 16.7. The molecule has 148 valence electrons. The zero-order valence-electron chi connectivity index (χ0n) is 16.7. The molecule has 2 atom stereocenters. The Morgan fingerprint density at radius 2 is 2.00 bits per heavy atom. The fourth-order valence-corrected chi connectivity index (χ4v) is 3.48. The third-order valence-corrected chi connectivity index (χ3v) is 5.12. The summed E-state index contributed by atoms with van der Waals surface area (Å²) in [7, 11) is 5.53. The summed E-state index contributed by atoms with van der Waals surface area (Å²) >= 11 is 0. The number of carbonyl (C=O) groups excluding carboxylic acids is 2. The van der Waals surface area contributed by atoms with E-state index >= 15 is 0 Å². The van der Waals surface area contributed by atoms with Crippen molar-refractivity contribution >= 4 is 11.9 Å². The van der Waals surface area contributed by atoms with Gasteiger partial charge in [0, 0.05) is 13.0 Å². The number of esters is 1. The van der Waals surface area contributed by atoms with E-state index in [0.717, 1.165) is 16.9 Å². The molecule has 2 unspecified atom stereocenters. The summed E-state index contributed by atoms with van der Waals surface area (Å²) in [6.45, 7) is 2.04. The van der Waals surface area contributed by atoms with Crippen molar-refractivity contribution in [2.75, 3.05) is 27.7 Å². The highest BCUT2D eigenvalue weighted by Crippen LogP contribution is 2.29. The first-order valence-electron chi connectivity index (χ1n) is 9.24. The van der Waals surface area contributed by atoms with Crippen molar-refractivity contribution in [2.24, 2.45) is 0 Å². The Morgan fingerprint density at radius 3 is 2.71 bits per heavy atom. The van der Waals surface area contributed by atoms with Gasteiger partial charge < -0.3 is 19.7 Å². The average Bonchev–Trinajstić information content (AvgIpc) is 2.67. The molecule has 6 heteroatoms. The van der Waals surface area contributed by atoms with Crippen LogP contribution in [-0.2, 0) is 16.0 Å². The lowest BCUT2D eigenvalue weighted by atomic mass is 9.89. The molecule has 3 rings (SSSR count). The third kappa shape index (κ3) is 4.02. The van der Waals surface area contributed by atoms with Crippen LogP contribution in [0.1, 0.15) is 34.5 Å². The van der Waals surface area contributed by atoms with Crippen LogP contribution < -0.4 is 10.1 Å². The van der Waals surface area contributed by atoms with Crippen LogP contribution in [0.25, 0.3) is 0 Å². The maximum absolute atomic E-state index is 12.9. The summed E-state index contributed by atoms with van der Waals surface area (Å²) in [5, 5.41) is 2.96. The third-order valence-electron chi connectivity index (χ3n) is 5.12. The van der Waals surface area contributed by atoms with Gasteiger partial charge in [-0.3, -0.25) is 4.79 Å². The van der Waals surface area contributed by atoms with Crippen LogP contribution in [0.4, 0.5) is 0 Å². The second-order valence-corrected chi connectivity index (χ2v) is 7.42. The van der Waals surface area contributed by atoms with Crippen LogP contribution in [0.2, 0.25) is 0 Å². The molecule has 0 radical (unpaired) electrons. The molecule has 1 heterocycles. The monoisotopic (exact) mass is 382 g/mol. The van der Waals surface area contributed by atoms with Crippen LogP contribution in [0.3, 0.4) is 0 Å². The molecular formula is C22H26N2O4. The highest BCUT2D eigenvalue weighted by Gasteiger charge is 2.42. The smallest absolute Gasteiger partial charge is 0.339 e. The molecule has 0 fully saturated rings. The molecule has 6 nitrogen and oxygen atoms in total. The molecular weight excluding hydrogens is 356 g/mol. The Balaban J connectivity index is 1.74. The number of benzene rings is 2. The van der Waals surface area contributed by atoms with E-state index in [-0.39, 0.29) is 11.9 Å². The summed E-state index contributed by atoms with van der Waals surface area (Å²) < 4.78 is 10.8. The molecule has 1 N–H and O–H groups in total. The van der Waals surface area contributed by atoms with Crippen molar-refractivity contribution in [2.45, 2.75) is 25.0 Å². The van der Waals surface area contributed by atoms with Gasteiger partial charge in [-0.25, -0.2) is 4.79 Å². The zero-order chi connectivity index (χ0) is 20.3. The van der Waals surface area contributed by atoms with E-state index in [1.165, 1.54) is 0 Å². The summed E-state index contributed by atoms with van der Waals surface area (Å²) in [5.41, 5.74) is 1.15. The van der Waals surface area contributed by atoms with Crippen molar-refractivity contribution in [3.05, 3.63) is 65.2 Å². The van der Waals surface area contributed by atoms with Gasteiger partial charge in [-0.15, -0.1) is 0 Å². The van der Waals surface area contributed by atoms with Crippen LogP contribution in [0, 0.1) is 0 Å².